The minimum Gasteiger partial charge on any atom is -0.444 e. The van der Waals surface area contributed by atoms with E-state index in [2.05, 4.69) is 0 Å². The summed E-state index contributed by atoms with van der Waals surface area (Å²) >= 11 is 5.94. The van der Waals surface area contributed by atoms with Crippen LogP contribution in [0.5, 0.6) is 0 Å². The molecule has 124 valence electrons. The Morgan fingerprint density at radius 1 is 1.43 bits per heavy atom. The van der Waals surface area contributed by atoms with E-state index in [-0.39, 0.29) is 28.6 Å². The third kappa shape index (κ3) is 4.00. The number of esters is 1. The molecule has 1 aromatic rings. The molecular formula is C14H15ClN2O5S. The summed E-state index contributed by atoms with van der Waals surface area (Å²) in [6, 6.07) is 5.57. The lowest BCUT2D eigenvalue weighted by molar-refractivity contribution is 0.0435. The maximum Gasteiger partial charge on any atom is 0.340 e. The fourth-order valence-electron chi connectivity index (χ4n) is 2.01. The van der Waals surface area contributed by atoms with Gasteiger partial charge in [0.2, 0.25) is 10.0 Å². The van der Waals surface area contributed by atoms with Crippen LogP contribution in [0.1, 0.15) is 17.3 Å². The Morgan fingerprint density at radius 3 is 2.70 bits per heavy atom. The first-order valence-electron chi connectivity index (χ1n) is 6.84. The lowest BCUT2D eigenvalue weighted by Gasteiger charge is -2.26. The van der Waals surface area contributed by atoms with E-state index in [9.17, 15) is 13.2 Å². The second kappa shape index (κ2) is 7.27. The summed E-state index contributed by atoms with van der Waals surface area (Å²) in [5, 5.41) is 8.74. The zero-order valence-electron chi connectivity index (χ0n) is 12.4. The quantitative estimate of drug-likeness (QED) is 0.755. The molecule has 0 spiro atoms. The van der Waals surface area contributed by atoms with Crippen molar-refractivity contribution in [3.63, 3.8) is 0 Å². The van der Waals surface area contributed by atoms with Gasteiger partial charge in [-0.1, -0.05) is 11.6 Å². The van der Waals surface area contributed by atoms with Crippen LogP contribution in [0, 0.1) is 11.3 Å². The monoisotopic (exact) mass is 358 g/mol. The number of ether oxygens (including phenoxy) is 2. The molecule has 1 aliphatic heterocycles. The number of hydrogen-bond acceptors (Lipinski definition) is 6. The van der Waals surface area contributed by atoms with Gasteiger partial charge < -0.3 is 9.47 Å². The molecule has 1 heterocycles. The molecule has 1 aromatic carbocycles. The van der Waals surface area contributed by atoms with Gasteiger partial charge in [-0.2, -0.15) is 9.57 Å². The molecule has 0 radical (unpaired) electrons. The molecule has 7 nitrogen and oxygen atoms in total. The Morgan fingerprint density at radius 2 is 2.09 bits per heavy atom. The van der Waals surface area contributed by atoms with Gasteiger partial charge in [0.15, 0.2) is 6.10 Å². The Bertz CT molecular complexity index is 738. The molecule has 1 unspecified atom stereocenters. The van der Waals surface area contributed by atoms with Crippen LogP contribution in [0.3, 0.4) is 0 Å². The average molecular weight is 359 g/mol. The van der Waals surface area contributed by atoms with Crippen LogP contribution in [0.2, 0.25) is 5.02 Å². The van der Waals surface area contributed by atoms with Crippen molar-refractivity contribution in [3.05, 3.63) is 28.8 Å². The van der Waals surface area contributed by atoms with Gasteiger partial charge in [0.1, 0.15) is 6.07 Å². The number of benzene rings is 1. The van der Waals surface area contributed by atoms with Gasteiger partial charge in [-0.25, -0.2) is 13.2 Å². The molecule has 23 heavy (non-hydrogen) atoms. The summed E-state index contributed by atoms with van der Waals surface area (Å²) in [7, 11) is -3.75. The van der Waals surface area contributed by atoms with Gasteiger partial charge >= 0.3 is 5.97 Å². The largest absolute Gasteiger partial charge is 0.444 e. The summed E-state index contributed by atoms with van der Waals surface area (Å²) < 4.78 is 36.4. The lowest BCUT2D eigenvalue weighted by atomic mass is 10.2. The molecule has 0 amide bonds. The predicted molar refractivity (Wildman–Crippen MR) is 81.5 cm³/mol. The normalized spacial score (nSPS) is 17.3. The van der Waals surface area contributed by atoms with Gasteiger partial charge in [-0.3, -0.25) is 0 Å². The third-order valence-electron chi connectivity index (χ3n) is 3.23. The van der Waals surface area contributed by atoms with E-state index in [4.69, 9.17) is 26.3 Å². The second-order valence-electron chi connectivity index (χ2n) is 4.83. The molecule has 0 aromatic heterocycles. The third-order valence-corrected chi connectivity index (χ3v) is 5.46. The van der Waals surface area contributed by atoms with E-state index in [0.29, 0.717) is 13.2 Å². The second-order valence-corrected chi connectivity index (χ2v) is 7.18. The number of morpholine rings is 1. The molecule has 1 atom stereocenters. The number of halogens is 1. The standard InChI is InChI=1S/C14H15ClN2O5S/c1-10(9-16)22-14(18)12-8-11(2-3-13(12)15)23(19,20)17-4-6-21-7-5-17/h2-3,8,10H,4-7H2,1H3. The van der Waals surface area contributed by atoms with Gasteiger partial charge in [0, 0.05) is 13.1 Å². The van der Waals surface area contributed by atoms with Gasteiger partial charge in [0.05, 0.1) is 28.7 Å². The first-order chi connectivity index (χ1) is 10.9. The first-order valence-corrected chi connectivity index (χ1v) is 8.66. The lowest BCUT2D eigenvalue weighted by Crippen LogP contribution is -2.40. The van der Waals surface area contributed by atoms with E-state index in [1.165, 1.54) is 29.4 Å². The summed E-state index contributed by atoms with van der Waals surface area (Å²) in [4.78, 5) is 11.9. The average Bonchev–Trinajstić information content (AvgIpc) is 2.55. The molecule has 1 saturated heterocycles. The number of sulfonamides is 1. The van der Waals surface area contributed by atoms with Crippen molar-refractivity contribution in [1.82, 2.24) is 4.31 Å². The van der Waals surface area contributed by atoms with Gasteiger partial charge in [-0.15, -0.1) is 0 Å². The highest BCUT2D eigenvalue weighted by Gasteiger charge is 2.28. The van der Waals surface area contributed by atoms with Crippen LogP contribution in [-0.4, -0.2) is 51.1 Å². The summed E-state index contributed by atoms with van der Waals surface area (Å²) in [6.45, 7) is 2.54. The zero-order valence-corrected chi connectivity index (χ0v) is 13.9. The number of nitriles is 1. The van der Waals surface area contributed by atoms with E-state index in [1.807, 2.05) is 0 Å². The summed E-state index contributed by atoms with van der Waals surface area (Å²) in [5.41, 5.74) is -0.0944. The van der Waals surface area contributed by atoms with Crippen LogP contribution in [0.15, 0.2) is 23.1 Å². The van der Waals surface area contributed by atoms with Crippen molar-refractivity contribution in [2.24, 2.45) is 0 Å². The van der Waals surface area contributed by atoms with Crippen LogP contribution in [0.25, 0.3) is 0 Å². The minimum absolute atomic E-state index is 0.0552. The molecule has 0 aliphatic carbocycles. The highest BCUT2D eigenvalue weighted by molar-refractivity contribution is 7.89. The first kappa shape index (κ1) is 17.7. The van der Waals surface area contributed by atoms with Crippen molar-refractivity contribution in [2.75, 3.05) is 26.3 Å². The van der Waals surface area contributed by atoms with Gasteiger partial charge in [0.25, 0.3) is 0 Å². The number of hydrogen-bond donors (Lipinski definition) is 0. The molecule has 2 rings (SSSR count). The Labute approximate surface area is 139 Å². The Balaban J connectivity index is 2.33. The van der Waals surface area contributed by atoms with Crippen LogP contribution >= 0.6 is 11.6 Å². The van der Waals surface area contributed by atoms with Crippen molar-refractivity contribution < 1.29 is 22.7 Å². The number of nitrogens with zero attached hydrogens (tertiary/aromatic N) is 2. The molecule has 0 N–H and O–H groups in total. The van der Waals surface area contributed by atoms with Crippen molar-refractivity contribution in [2.45, 2.75) is 17.9 Å². The van der Waals surface area contributed by atoms with E-state index in [1.54, 1.807) is 6.07 Å². The van der Waals surface area contributed by atoms with Crippen molar-refractivity contribution in [1.29, 1.82) is 5.26 Å². The van der Waals surface area contributed by atoms with E-state index in [0.717, 1.165) is 0 Å². The maximum absolute atomic E-state index is 12.6. The SMILES string of the molecule is CC(C#N)OC(=O)c1cc(S(=O)(=O)N2CCOCC2)ccc1Cl. The molecule has 9 heteroatoms. The fraction of sp³-hybridized carbons (Fsp3) is 0.429. The van der Waals surface area contributed by atoms with Crippen LogP contribution in [-0.2, 0) is 19.5 Å². The molecular weight excluding hydrogens is 344 g/mol. The molecule has 1 aliphatic rings. The highest BCUT2D eigenvalue weighted by Crippen LogP contribution is 2.24. The number of rotatable bonds is 4. The Kier molecular flexibility index (Phi) is 5.59. The van der Waals surface area contributed by atoms with Gasteiger partial charge in [-0.05, 0) is 25.1 Å². The van der Waals surface area contributed by atoms with Crippen LogP contribution in [0.4, 0.5) is 0 Å². The van der Waals surface area contributed by atoms with E-state index < -0.39 is 22.1 Å². The fourth-order valence-corrected chi connectivity index (χ4v) is 3.64. The zero-order chi connectivity index (χ0) is 17.0. The molecule has 0 bridgehead atoms. The van der Waals surface area contributed by atoms with Crippen molar-refractivity contribution in [3.8, 4) is 6.07 Å². The summed E-state index contributed by atoms with van der Waals surface area (Å²) in [5.74, 6) is -0.844. The topological polar surface area (TPSA) is 96.7 Å². The van der Waals surface area contributed by atoms with Crippen LogP contribution < -0.4 is 0 Å². The smallest absolute Gasteiger partial charge is 0.340 e. The summed E-state index contributed by atoms with van der Waals surface area (Å²) in [6.07, 6.45) is -0.960. The number of carbonyl (C=O) groups excluding carboxylic acids is 1. The highest BCUT2D eigenvalue weighted by atomic mass is 35.5. The molecule has 0 saturated carbocycles. The van der Waals surface area contributed by atoms with E-state index >= 15 is 0 Å². The maximum atomic E-state index is 12.6. The molecule has 1 fully saturated rings. The predicted octanol–water partition coefficient (Wildman–Crippen LogP) is 1.43. The van der Waals surface area contributed by atoms with Crippen molar-refractivity contribution >= 4 is 27.6 Å². The minimum atomic E-state index is -3.75. The Hall–Kier alpha value is -1.66. The number of carbonyl (C=O) groups is 1.